The summed E-state index contributed by atoms with van der Waals surface area (Å²) in [7, 11) is -6.62. The first-order chi connectivity index (χ1) is 11.4. The van der Waals surface area contributed by atoms with Gasteiger partial charge in [-0.05, 0) is 52.3 Å². The molecule has 0 fully saturated rings. The zero-order valence-electron chi connectivity index (χ0n) is 15.3. The maximum atomic E-state index is 11.7. The van der Waals surface area contributed by atoms with Gasteiger partial charge < -0.3 is 4.74 Å². The Labute approximate surface area is 151 Å². The quantitative estimate of drug-likeness (QED) is 0.630. The van der Waals surface area contributed by atoms with Crippen molar-refractivity contribution >= 4 is 20.0 Å². The molecule has 2 N–H and O–H groups in total. The van der Waals surface area contributed by atoms with Crippen molar-refractivity contribution < 1.29 is 21.6 Å². The molecule has 1 aromatic carbocycles. The molecule has 144 valence electrons. The lowest BCUT2D eigenvalue weighted by Gasteiger charge is -2.17. The number of sulfonamides is 2. The lowest BCUT2D eigenvalue weighted by Crippen LogP contribution is -2.37. The third kappa shape index (κ3) is 7.31. The lowest BCUT2D eigenvalue weighted by molar-refractivity contribution is 0.225. The van der Waals surface area contributed by atoms with Crippen LogP contribution in [0.1, 0.15) is 40.2 Å². The topological polar surface area (TPSA) is 102 Å². The molecule has 0 aliphatic rings. The van der Waals surface area contributed by atoms with Gasteiger partial charge in [-0.1, -0.05) is 12.1 Å². The molecule has 7 nitrogen and oxygen atoms in total. The first-order valence-corrected chi connectivity index (χ1v) is 11.3. The fraction of sp³-hybridized carbons (Fsp3) is 0.625. The van der Waals surface area contributed by atoms with Crippen LogP contribution in [-0.4, -0.2) is 40.0 Å². The molecular formula is C16H28N2O5S2. The standard InChI is InChI=1S/C16H28N2O5S2/c1-12(2)24(19,20)17-10-14(5)23-16-8-6-15(7-9-16)11-18-25(21,22)13(3)4/h6-9,12-14,17-18H,10-11H2,1-5H3. The Morgan fingerprint density at radius 2 is 1.32 bits per heavy atom. The van der Waals surface area contributed by atoms with Gasteiger partial charge in [0, 0.05) is 13.1 Å². The Kier molecular flexibility index (Phi) is 7.86. The van der Waals surface area contributed by atoms with Crippen molar-refractivity contribution in [3.8, 4) is 5.75 Å². The molecule has 1 aromatic rings. The summed E-state index contributed by atoms with van der Waals surface area (Å²) in [4.78, 5) is 0. The third-order valence-corrected chi connectivity index (χ3v) is 7.15. The van der Waals surface area contributed by atoms with Crippen molar-refractivity contribution in [2.24, 2.45) is 0 Å². The summed E-state index contributed by atoms with van der Waals surface area (Å²) >= 11 is 0. The monoisotopic (exact) mass is 392 g/mol. The van der Waals surface area contributed by atoms with E-state index in [0.717, 1.165) is 5.56 Å². The average molecular weight is 393 g/mol. The van der Waals surface area contributed by atoms with Crippen LogP contribution in [0, 0.1) is 0 Å². The highest BCUT2D eigenvalue weighted by Crippen LogP contribution is 2.14. The van der Waals surface area contributed by atoms with Gasteiger partial charge in [0.15, 0.2) is 0 Å². The van der Waals surface area contributed by atoms with Crippen molar-refractivity contribution in [3.05, 3.63) is 29.8 Å². The Morgan fingerprint density at radius 1 is 0.840 bits per heavy atom. The van der Waals surface area contributed by atoms with Gasteiger partial charge in [-0.3, -0.25) is 0 Å². The van der Waals surface area contributed by atoms with Gasteiger partial charge in [0.05, 0.1) is 10.5 Å². The van der Waals surface area contributed by atoms with Crippen LogP contribution in [0.5, 0.6) is 5.75 Å². The first kappa shape index (κ1) is 21.9. The smallest absolute Gasteiger partial charge is 0.214 e. The fourth-order valence-corrected chi connectivity index (χ4v) is 3.21. The van der Waals surface area contributed by atoms with Crippen molar-refractivity contribution in [3.63, 3.8) is 0 Å². The van der Waals surface area contributed by atoms with Gasteiger partial charge in [0.25, 0.3) is 0 Å². The lowest BCUT2D eigenvalue weighted by atomic mass is 10.2. The zero-order valence-corrected chi connectivity index (χ0v) is 16.9. The number of benzene rings is 1. The summed E-state index contributed by atoms with van der Waals surface area (Å²) < 4.78 is 57.6. The summed E-state index contributed by atoms with van der Waals surface area (Å²) in [5.41, 5.74) is 0.810. The van der Waals surface area contributed by atoms with E-state index in [1.165, 1.54) is 0 Å². The van der Waals surface area contributed by atoms with Gasteiger partial charge in [-0.25, -0.2) is 26.3 Å². The maximum absolute atomic E-state index is 11.7. The minimum atomic E-state index is -3.32. The Morgan fingerprint density at radius 3 is 1.80 bits per heavy atom. The second kappa shape index (κ2) is 8.98. The molecule has 0 aromatic heterocycles. The van der Waals surface area contributed by atoms with Crippen molar-refractivity contribution in [1.82, 2.24) is 9.44 Å². The molecular weight excluding hydrogens is 364 g/mol. The van der Waals surface area contributed by atoms with E-state index in [1.54, 1.807) is 58.9 Å². The Hall–Kier alpha value is -1.16. The van der Waals surface area contributed by atoms with Gasteiger partial charge in [-0.2, -0.15) is 0 Å². The van der Waals surface area contributed by atoms with Crippen molar-refractivity contribution in [1.29, 1.82) is 0 Å². The first-order valence-electron chi connectivity index (χ1n) is 8.16. The molecule has 1 atom stereocenters. The number of rotatable bonds is 10. The van der Waals surface area contributed by atoms with E-state index in [0.29, 0.717) is 5.75 Å². The number of hydrogen-bond acceptors (Lipinski definition) is 5. The van der Waals surface area contributed by atoms with E-state index < -0.39 is 30.5 Å². The van der Waals surface area contributed by atoms with Crippen molar-refractivity contribution in [2.45, 2.75) is 57.8 Å². The number of hydrogen-bond donors (Lipinski definition) is 2. The Bertz CT molecular complexity index is 741. The maximum Gasteiger partial charge on any atom is 0.214 e. The number of ether oxygens (including phenoxy) is 1. The molecule has 0 amide bonds. The fourth-order valence-electron chi connectivity index (χ4n) is 1.71. The summed E-state index contributed by atoms with van der Waals surface area (Å²) in [6, 6.07) is 6.99. The normalized spacial score (nSPS) is 14.0. The minimum Gasteiger partial charge on any atom is -0.489 e. The average Bonchev–Trinajstić information content (AvgIpc) is 2.52. The molecule has 9 heteroatoms. The third-order valence-electron chi connectivity index (χ3n) is 3.55. The summed E-state index contributed by atoms with van der Waals surface area (Å²) in [5.74, 6) is 0.590. The van der Waals surface area contributed by atoms with Gasteiger partial charge in [0.2, 0.25) is 20.0 Å². The zero-order chi connectivity index (χ0) is 19.3. The van der Waals surface area contributed by atoms with Crippen LogP contribution in [0.2, 0.25) is 0 Å². The summed E-state index contributed by atoms with van der Waals surface area (Å²) in [6.45, 7) is 8.62. The minimum absolute atomic E-state index is 0.177. The highest BCUT2D eigenvalue weighted by atomic mass is 32.2. The van der Waals surface area contributed by atoms with Crippen LogP contribution in [0.15, 0.2) is 24.3 Å². The highest BCUT2D eigenvalue weighted by molar-refractivity contribution is 7.90. The van der Waals surface area contributed by atoms with Crippen molar-refractivity contribution in [2.75, 3.05) is 6.54 Å². The molecule has 0 saturated carbocycles. The Balaban J connectivity index is 2.54. The summed E-state index contributed by atoms with van der Waals surface area (Å²) in [6.07, 6.45) is -0.334. The van der Waals surface area contributed by atoms with E-state index in [1.807, 2.05) is 0 Å². The second-order valence-electron chi connectivity index (χ2n) is 6.43. The van der Waals surface area contributed by atoms with E-state index in [2.05, 4.69) is 9.44 Å². The van der Waals surface area contributed by atoms with Crippen LogP contribution in [0.25, 0.3) is 0 Å². The predicted octanol–water partition coefficient (Wildman–Crippen LogP) is 1.61. The van der Waals surface area contributed by atoms with E-state index in [-0.39, 0.29) is 19.2 Å². The molecule has 25 heavy (non-hydrogen) atoms. The van der Waals surface area contributed by atoms with Crippen LogP contribution in [0.3, 0.4) is 0 Å². The predicted molar refractivity (Wildman–Crippen MR) is 99.5 cm³/mol. The SMILES string of the molecule is CC(CNS(=O)(=O)C(C)C)Oc1ccc(CNS(=O)(=O)C(C)C)cc1. The van der Waals surface area contributed by atoms with Crippen LogP contribution < -0.4 is 14.2 Å². The molecule has 0 bridgehead atoms. The molecule has 0 saturated heterocycles. The number of nitrogens with one attached hydrogen (secondary N) is 2. The van der Waals surface area contributed by atoms with Crippen LogP contribution in [-0.2, 0) is 26.6 Å². The second-order valence-corrected chi connectivity index (χ2v) is 11.1. The van der Waals surface area contributed by atoms with Gasteiger partial charge in [0.1, 0.15) is 11.9 Å². The summed E-state index contributed by atoms with van der Waals surface area (Å²) in [5, 5.41) is -0.973. The highest BCUT2D eigenvalue weighted by Gasteiger charge is 2.17. The molecule has 0 radical (unpaired) electrons. The van der Waals surface area contributed by atoms with E-state index >= 15 is 0 Å². The van der Waals surface area contributed by atoms with Gasteiger partial charge >= 0.3 is 0 Å². The van der Waals surface area contributed by atoms with Crippen LogP contribution in [0.4, 0.5) is 0 Å². The molecule has 0 aliphatic heterocycles. The van der Waals surface area contributed by atoms with Gasteiger partial charge in [-0.15, -0.1) is 0 Å². The molecule has 0 aliphatic carbocycles. The molecule has 1 unspecified atom stereocenters. The largest absolute Gasteiger partial charge is 0.489 e. The molecule has 0 spiro atoms. The van der Waals surface area contributed by atoms with Crippen LogP contribution >= 0.6 is 0 Å². The molecule has 1 rings (SSSR count). The van der Waals surface area contributed by atoms with E-state index in [9.17, 15) is 16.8 Å². The molecule has 0 heterocycles. The van der Waals surface area contributed by atoms with E-state index in [4.69, 9.17) is 4.74 Å².